The average molecular weight is 305 g/mol. The first kappa shape index (κ1) is 16.8. The van der Waals surface area contributed by atoms with E-state index in [1.807, 2.05) is 19.9 Å². The molecule has 22 heavy (non-hydrogen) atoms. The van der Waals surface area contributed by atoms with Crippen LogP contribution in [0.5, 0.6) is 0 Å². The molecule has 1 aromatic rings. The molecule has 0 spiro atoms. The first-order valence-electron chi connectivity index (χ1n) is 8.05. The number of hydrogen-bond acceptors (Lipinski definition) is 3. The molecule has 5 nitrogen and oxygen atoms in total. The highest BCUT2D eigenvalue weighted by Crippen LogP contribution is 2.10. The molecule has 1 unspecified atom stereocenters. The highest BCUT2D eigenvalue weighted by atomic mass is 16.5. The van der Waals surface area contributed by atoms with Crippen molar-refractivity contribution in [2.24, 2.45) is 0 Å². The zero-order valence-electron chi connectivity index (χ0n) is 13.5. The zero-order valence-corrected chi connectivity index (χ0v) is 13.5. The number of amides is 2. The number of morpholine rings is 1. The van der Waals surface area contributed by atoms with Crippen molar-refractivity contribution in [2.45, 2.75) is 32.4 Å². The van der Waals surface area contributed by atoms with E-state index in [-0.39, 0.29) is 12.1 Å². The normalized spacial score (nSPS) is 17.2. The van der Waals surface area contributed by atoms with E-state index in [1.54, 1.807) is 0 Å². The van der Waals surface area contributed by atoms with Gasteiger partial charge in [0, 0.05) is 31.7 Å². The highest BCUT2D eigenvalue weighted by molar-refractivity contribution is 5.74. The second-order valence-corrected chi connectivity index (χ2v) is 6.00. The van der Waals surface area contributed by atoms with Gasteiger partial charge in [0.25, 0.3) is 0 Å². The predicted octanol–water partition coefficient (Wildman–Crippen LogP) is 1.64. The van der Waals surface area contributed by atoms with E-state index < -0.39 is 0 Å². The maximum Gasteiger partial charge on any atom is 0.315 e. The third-order valence-electron chi connectivity index (χ3n) is 3.79. The van der Waals surface area contributed by atoms with Gasteiger partial charge < -0.3 is 15.4 Å². The first-order chi connectivity index (χ1) is 10.6. The summed E-state index contributed by atoms with van der Waals surface area (Å²) in [7, 11) is 0. The summed E-state index contributed by atoms with van der Waals surface area (Å²) in [5.74, 6) is 0. The number of urea groups is 1. The summed E-state index contributed by atoms with van der Waals surface area (Å²) >= 11 is 0. The minimum absolute atomic E-state index is 0.0960. The smallest absolute Gasteiger partial charge is 0.315 e. The summed E-state index contributed by atoms with van der Waals surface area (Å²) in [5.41, 5.74) is 1.30. The number of carbonyl (C=O) groups excluding carboxylic acids is 1. The molecule has 1 aromatic carbocycles. The Morgan fingerprint density at radius 3 is 2.55 bits per heavy atom. The summed E-state index contributed by atoms with van der Waals surface area (Å²) in [6.07, 6.45) is 0.933. The molecule has 2 rings (SSSR count). The number of ether oxygens (including phenoxy) is 1. The molecule has 0 aromatic heterocycles. The van der Waals surface area contributed by atoms with Crippen LogP contribution >= 0.6 is 0 Å². The molecule has 0 saturated carbocycles. The van der Waals surface area contributed by atoms with E-state index in [0.29, 0.717) is 12.6 Å². The molecule has 0 aliphatic carbocycles. The van der Waals surface area contributed by atoms with E-state index in [2.05, 4.69) is 39.8 Å². The lowest BCUT2D eigenvalue weighted by molar-refractivity contribution is 0.0172. The number of carbonyl (C=O) groups is 1. The van der Waals surface area contributed by atoms with Gasteiger partial charge in [-0.05, 0) is 25.8 Å². The van der Waals surface area contributed by atoms with Crippen LogP contribution in [0, 0.1) is 0 Å². The summed E-state index contributed by atoms with van der Waals surface area (Å²) in [6.45, 7) is 7.95. The van der Waals surface area contributed by atoms with Gasteiger partial charge in [-0.15, -0.1) is 0 Å². The number of rotatable bonds is 6. The van der Waals surface area contributed by atoms with Crippen LogP contribution < -0.4 is 10.6 Å². The van der Waals surface area contributed by atoms with Gasteiger partial charge in [0.15, 0.2) is 0 Å². The minimum atomic E-state index is -0.0960. The van der Waals surface area contributed by atoms with E-state index in [4.69, 9.17) is 4.74 Å². The van der Waals surface area contributed by atoms with Gasteiger partial charge in [-0.25, -0.2) is 4.79 Å². The predicted molar refractivity (Wildman–Crippen MR) is 88.0 cm³/mol. The van der Waals surface area contributed by atoms with Crippen molar-refractivity contribution in [1.82, 2.24) is 15.5 Å². The van der Waals surface area contributed by atoms with Crippen molar-refractivity contribution < 1.29 is 9.53 Å². The lowest BCUT2D eigenvalue weighted by atomic mass is 10.0. The maximum absolute atomic E-state index is 11.8. The third kappa shape index (κ3) is 5.66. The second-order valence-electron chi connectivity index (χ2n) is 6.00. The molecule has 122 valence electrons. The molecule has 2 N–H and O–H groups in total. The summed E-state index contributed by atoms with van der Waals surface area (Å²) in [6, 6.07) is 10.8. The van der Waals surface area contributed by atoms with Gasteiger partial charge in [-0.1, -0.05) is 30.3 Å². The molecular weight excluding hydrogens is 278 g/mol. The van der Waals surface area contributed by atoms with E-state index in [0.717, 1.165) is 32.7 Å². The SMILES string of the molecule is CC(C)NC(=O)NCC(Cc1ccccc1)N1CCOCC1. The van der Waals surface area contributed by atoms with Crippen molar-refractivity contribution in [2.75, 3.05) is 32.8 Å². The van der Waals surface area contributed by atoms with Crippen LogP contribution in [0.3, 0.4) is 0 Å². The van der Waals surface area contributed by atoms with Crippen LogP contribution in [0.15, 0.2) is 30.3 Å². The number of benzene rings is 1. The van der Waals surface area contributed by atoms with Crippen LogP contribution in [0.2, 0.25) is 0 Å². The van der Waals surface area contributed by atoms with Crippen LogP contribution in [0.25, 0.3) is 0 Å². The lowest BCUT2D eigenvalue weighted by Gasteiger charge is -2.34. The van der Waals surface area contributed by atoms with Crippen LogP contribution in [0.1, 0.15) is 19.4 Å². The van der Waals surface area contributed by atoms with E-state index in [1.165, 1.54) is 5.56 Å². The fourth-order valence-corrected chi connectivity index (χ4v) is 2.68. The number of hydrogen-bond donors (Lipinski definition) is 2. The fourth-order valence-electron chi connectivity index (χ4n) is 2.68. The Bertz CT molecular complexity index is 444. The second kappa shape index (κ2) is 8.76. The molecule has 0 bridgehead atoms. The molecule has 1 aliphatic heterocycles. The quantitative estimate of drug-likeness (QED) is 0.840. The van der Waals surface area contributed by atoms with Crippen LogP contribution in [0.4, 0.5) is 4.79 Å². The monoisotopic (exact) mass is 305 g/mol. The van der Waals surface area contributed by atoms with Crippen molar-refractivity contribution >= 4 is 6.03 Å². The van der Waals surface area contributed by atoms with Gasteiger partial charge in [0.1, 0.15) is 0 Å². The molecule has 2 amide bonds. The Labute approximate surface area is 133 Å². The molecule has 1 fully saturated rings. The minimum Gasteiger partial charge on any atom is -0.379 e. The van der Waals surface area contributed by atoms with E-state index in [9.17, 15) is 4.79 Å². The van der Waals surface area contributed by atoms with Crippen molar-refractivity contribution in [3.05, 3.63) is 35.9 Å². The van der Waals surface area contributed by atoms with Gasteiger partial charge in [0.05, 0.1) is 13.2 Å². The molecular formula is C17H27N3O2. The van der Waals surface area contributed by atoms with E-state index >= 15 is 0 Å². The number of nitrogens with zero attached hydrogens (tertiary/aromatic N) is 1. The molecule has 1 saturated heterocycles. The molecule has 1 heterocycles. The first-order valence-corrected chi connectivity index (χ1v) is 8.05. The molecule has 1 atom stereocenters. The van der Waals surface area contributed by atoms with Crippen molar-refractivity contribution in [3.63, 3.8) is 0 Å². The largest absolute Gasteiger partial charge is 0.379 e. The van der Waals surface area contributed by atoms with Crippen molar-refractivity contribution in [1.29, 1.82) is 0 Å². The summed E-state index contributed by atoms with van der Waals surface area (Å²) < 4.78 is 5.44. The Hall–Kier alpha value is -1.59. The van der Waals surface area contributed by atoms with Gasteiger partial charge in [-0.3, -0.25) is 4.90 Å². The summed E-state index contributed by atoms with van der Waals surface area (Å²) in [5, 5.41) is 5.87. The Balaban J connectivity index is 1.93. The Kier molecular flexibility index (Phi) is 6.68. The topological polar surface area (TPSA) is 53.6 Å². The lowest BCUT2D eigenvalue weighted by Crippen LogP contribution is -2.51. The zero-order chi connectivity index (χ0) is 15.8. The van der Waals surface area contributed by atoms with Crippen LogP contribution in [-0.4, -0.2) is 55.9 Å². The third-order valence-corrected chi connectivity index (χ3v) is 3.79. The number of nitrogens with one attached hydrogen (secondary N) is 2. The fraction of sp³-hybridized carbons (Fsp3) is 0.588. The summed E-state index contributed by atoms with van der Waals surface area (Å²) in [4.78, 5) is 14.2. The molecule has 0 radical (unpaired) electrons. The van der Waals surface area contributed by atoms with Gasteiger partial charge in [0.2, 0.25) is 0 Å². The highest BCUT2D eigenvalue weighted by Gasteiger charge is 2.22. The average Bonchev–Trinajstić information content (AvgIpc) is 2.52. The van der Waals surface area contributed by atoms with Crippen LogP contribution in [-0.2, 0) is 11.2 Å². The molecule has 1 aliphatic rings. The molecule has 5 heteroatoms. The Morgan fingerprint density at radius 1 is 1.23 bits per heavy atom. The van der Waals surface area contributed by atoms with Gasteiger partial charge >= 0.3 is 6.03 Å². The Morgan fingerprint density at radius 2 is 1.91 bits per heavy atom. The standard InChI is InChI=1S/C17H27N3O2/c1-14(2)19-17(21)18-13-16(20-8-10-22-11-9-20)12-15-6-4-3-5-7-15/h3-7,14,16H,8-13H2,1-2H3,(H2,18,19,21). The van der Waals surface area contributed by atoms with Gasteiger partial charge in [-0.2, -0.15) is 0 Å². The maximum atomic E-state index is 11.8. The van der Waals surface area contributed by atoms with Crippen molar-refractivity contribution in [3.8, 4) is 0 Å².